The standard InChI is InChI=1S/C9H11FN2OS/c1-3-14-9-7(10)4-5-8(12-9)11-6(2)13/h4-5H,3H2,1-2H3,(H,11,12,13). The van der Waals surface area contributed by atoms with Gasteiger partial charge in [-0.3, -0.25) is 4.79 Å². The van der Waals surface area contributed by atoms with Crippen LogP contribution in [0, 0.1) is 5.82 Å². The first-order chi connectivity index (χ1) is 6.63. The molecule has 0 radical (unpaired) electrons. The summed E-state index contributed by atoms with van der Waals surface area (Å²) in [5.74, 6) is 0.560. The third kappa shape index (κ3) is 2.99. The lowest BCUT2D eigenvalue weighted by Gasteiger charge is -2.04. The number of anilines is 1. The lowest BCUT2D eigenvalue weighted by molar-refractivity contribution is -0.114. The minimum atomic E-state index is -0.356. The molecular formula is C9H11FN2OS. The Kier molecular flexibility index (Phi) is 3.88. The lowest BCUT2D eigenvalue weighted by Crippen LogP contribution is -2.08. The average molecular weight is 214 g/mol. The minimum Gasteiger partial charge on any atom is -0.311 e. The number of thioether (sulfide) groups is 1. The number of hydrogen-bond acceptors (Lipinski definition) is 3. The molecule has 3 nitrogen and oxygen atoms in total. The van der Waals surface area contributed by atoms with Gasteiger partial charge in [0.25, 0.3) is 0 Å². The zero-order chi connectivity index (χ0) is 10.6. The zero-order valence-electron chi connectivity index (χ0n) is 8.00. The predicted octanol–water partition coefficient (Wildman–Crippen LogP) is 2.29. The van der Waals surface area contributed by atoms with E-state index in [1.54, 1.807) is 0 Å². The van der Waals surface area contributed by atoms with Gasteiger partial charge < -0.3 is 5.32 Å². The second-order valence-electron chi connectivity index (χ2n) is 2.60. The largest absolute Gasteiger partial charge is 0.311 e. The van der Waals surface area contributed by atoms with Crippen LogP contribution < -0.4 is 5.32 Å². The number of amides is 1. The van der Waals surface area contributed by atoms with Gasteiger partial charge in [0, 0.05) is 6.92 Å². The molecule has 0 unspecified atom stereocenters. The van der Waals surface area contributed by atoms with Crippen LogP contribution in [-0.4, -0.2) is 16.6 Å². The monoisotopic (exact) mass is 214 g/mol. The van der Waals surface area contributed by atoms with Crippen molar-refractivity contribution in [3.8, 4) is 0 Å². The zero-order valence-corrected chi connectivity index (χ0v) is 8.82. The molecule has 1 aromatic heterocycles. The third-order valence-corrected chi connectivity index (χ3v) is 2.25. The SMILES string of the molecule is CCSc1nc(NC(C)=O)ccc1F. The van der Waals surface area contributed by atoms with E-state index in [-0.39, 0.29) is 11.7 Å². The molecule has 0 aromatic carbocycles. The van der Waals surface area contributed by atoms with Crippen LogP contribution in [0.4, 0.5) is 10.2 Å². The number of carbonyl (C=O) groups is 1. The van der Waals surface area contributed by atoms with Crippen molar-refractivity contribution in [2.75, 3.05) is 11.1 Å². The molecule has 0 spiro atoms. The van der Waals surface area contributed by atoms with Gasteiger partial charge in [0.15, 0.2) is 5.82 Å². The number of carbonyl (C=O) groups excluding carboxylic acids is 1. The van der Waals surface area contributed by atoms with Gasteiger partial charge in [-0.1, -0.05) is 6.92 Å². The summed E-state index contributed by atoms with van der Waals surface area (Å²) in [6.07, 6.45) is 0. The van der Waals surface area contributed by atoms with Gasteiger partial charge in [-0.25, -0.2) is 9.37 Å². The van der Waals surface area contributed by atoms with Gasteiger partial charge in [-0.05, 0) is 17.9 Å². The predicted molar refractivity (Wildman–Crippen MR) is 54.9 cm³/mol. The molecule has 0 saturated carbocycles. The molecule has 0 aliphatic heterocycles. The Morgan fingerprint density at radius 2 is 2.36 bits per heavy atom. The van der Waals surface area contributed by atoms with Gasteiger partial charge >= 0.3 is 0 Å². The topological polar surface area (TPSA) is 42.0 Å². The number of aromatic nitrogens is 1. The van der Waals surface area contributed by atoms with E-state index in [9.17, 15) is 9.18 Å². The summed E-state index contributed by atoms with van der Waals surface area (Å²) in [7, 11) is 0. The third-order valence-electron chi connectivity index (χ3n) is 1.40. The molecular weight excluding hydrogens is 203 g/mol. The summed E-state index contributed by atoms with van der Waals surface area (Å²) in [5, 5.41) is 2.82. The highest BCUT2D eigenvalue weighted by Gasteiger charge is 2.05. The summed E-state index contributed by atoms with van der Waals surface area (Å²) in [6.45, 7) is 3.30. The van der Waals surface area contributed by atoms with Crippen molar-refractivity contribution in [3.05, 3.63) is 17.9 Å². The number of pyridine rings is 1. The Bertz CT molecular complexity index is 344. The molecule has 5 heteroatoms. The Balaban J connectivity index is 2.88. The van der Waals surface area contributed by atoms with E-state index in [0.29, 0.717) is 10.8 Å². The Morgan fingerprint density at radius 3 is 2.93 bits per heavy atom. The van der Waals surface area contributed by atoms with E-state index in [1.165, 1.54) is 30.8 Å². The first-order valence-corrected chi connectivity index (χ1v) is 5.19. The van der Waals surface area contributed by atoms with Gasteiger partial charge in [0.2, 0.25) is 5.91 Å². The average Bonchev–Trinajstić information content (AvgIpc) is 2.10. The maximum absolute atomic E-state index is 13.1. The van der Waals surface area contributed by atoms with Crippen LogP contribution in [0.2, 0.25) is 0 Å². The minimum absolute atomic E-state index is 0.212. The maximum atomic E-state index is 13.1. The smallest absolute Gasteiger partial charge is 0.222 e. The molecule has 0 bridgehead atoms. The van der Waals surface area contributed by atoms with E-state index < -0.39 is 0 Å². The lowest BCUT2D eigenvalue weighted by atomic mass is 10.4. The van der Waals surface area contributed by atoms with Gasteiger partial charge in [0.05, 0.1) is 0 Å². The first-order valence-electron chi connectivity index (χ1n) is 4.20. The van der Waals surface area contributed by atoms with Crippen molar-refractivity contribution >= 4 is 23.5 Å². The molecule has 1 aromatic rings. The summed E-state index contributed by atoms with van der Waals surface area (Å²) < 4.78 is 13.1. The number of nitrogens with zero attached hydrogens (tertiary/aromatic N) is 1. The Labute approximate surface area is 86.1 Å². The molecule has 1 heterocycles. The molecule has 1 amide bonds. The molecule has 1 rings (SSSR count). The normalized spacial score (nSPS) is 9.93. The van der Waals surface area contributed by atoms with Crippen LogP contribution in [0.25, 0.3) is 0 Å². The fourth-order valence-corrected chi connectivity index (χ4v) is 1.55. The molecule has 0 aliphatic rings. The second kappa shape index (κ2) is 4.95. The molecule has 76 valence electrons. The summed E-state index contributed by atoms with van der Waals surface area (Å²) in [6, 6.07) is 2.74. The summed E-state index contributed by atoms with van der Waals surface area (Å²) >= 11 is 1.31. The van der Waals surface area contributed by atoms with E-state index in [4.69, 9.17) is 0 Å². The van der Waals surface area contributed by atoms with Crippen LogP contribution in [0.5, 0.6) is 0 Å². The van der Waals surface area contributed by atoms with Crippen LogP contribution in [0.1, 0.15) is 13.8 Å². The van der Waals surface area contributed by atoms with Crippen molar-refractivity contribution in [2.24, 2.45) is 0 Å². The molecule has 0 atom stereocenters. The van der Waals surface area contributed by atoms with Gasteiger partial charge in [-0.2, -0.15) is 0 Å². The van der Waals surface area contributed by atoms with E-state index in [1.807, 2.05) is 6.92 Å². The van der Waals surface area contributed by atoms with Gasteiger partial charge in [-0.15, -0.1) is 11.8 Å². The number of nitrogens with one attached hydrogen (secondary N) is 1. The first kappa shape index (κ1) is 11.0. The highest BCUT2D eigenvalue weighted by atomic mass is 32.2. The van der Waals surface area contributed by atoms with Crippen molar-refractivity contribution in [3.63, 3.8) is 0 Å². The summed E-state index contributed by atoms with van der Waals surface area (Å²) in [4.78, 5) is 14.7. The highest BCUT2D eigenvalue weighted by Crippen LogP contribution is 2.20. The van der Waals surface area contributed by atoms with Crippen molar-refractivity contribution in [2.45, 2.75) is 18.9 Å². The second-order valence-corrected chi connectivity index (χ2v) is 3.85. The van der Waals surface area contributed by atoms with E-state index >= 15 is 0 Å². The fraction of sp³-hybridized carbons (Fsp3) is 0.333. The summed E-state index contributed by atoms with van der Waals surface area (Å²) in [5.41, 5.74) is 0. The van der Waals surface area contributed by atoms with Crippen LogP contribution in [-0.2, 0) is 4.79 Å². The Hall–Kier alpha value is -1.10. The molecule has 14 heavy (non-hydrogen) atoms. The van der Waals surface area contributed by atoms with Crippen molar-refractivity contribution < 1.29 is 9.18 Å². The quantitative estimate of drug-likeness (QED) is 0.785. The highest BCUT2D eigenvalue weighted by molar-refractivity contribution is 7.99. The molecule has 0 aliphatic carbocycles. The fourth-order valence-electron chi connectivity index (χ4n) is 0.911. The molecule has 0 fully saturated rings. The number of hydrogen-bond donors (Lipinski definition) is 1. The van der Waals surface area contributed by atoms with E-state index in [0.717, 1.165) is 5.75 Å². The Morgan fingerprint density at radius 1 is 1.64 bits per heavy atom. The number of rotatable bonds is 3. The van der Waals surface area contributed by atoms with Crippen LogP contribution >= 0.6 is 11.8 Å². The van der Waals surface area contributed by atoms with Crippen LogP contribution in [0.15, 0.2) is 17.2 Å². The number of halogens is 1. The molecule has 0 saturated heterocycles. The van der Waals surface area contributed by atoms with Crippen molar-refractivity contribution in [1.29, 1.82) is 0 Å². The molecule has 1 N–H and O–H groups in total. The maximum Gasteiger partial charge on any atom is 0.222 e. The van der Waals surface area contributed by atoms with Crippen molar-refractivity contribution in [1.82, 2.24) is 4.98 Å². The van der Waals surface area contributed by atoms with Gasteiger partial charge in [0.1, 0.15) is 10.8 Å². The van der Waals surface area contributed by atoms with Crippen LogP contribution in [0.3, 0.4) is 0 Å². The van der Waals surface area contributed by atoms with E-state index in [2.05, 4.69) is 10.3 Å².